The molecule has 0 aliphatic carbocycles. The zero-order chi connectivity index (χ0) is 14.8. The van der Waals surface area contributed by atoms with Gasteiger partial charge in [0.25, 0.3) is 0 Å². The minimum atomic E-state index is -0.496. The summed E-state index contributed by atoms with van der Waals surface area (Å²) in [5.41, 5.74) is 0. The molecule has 0 radical (unpaired) electrons. The van der Waals surface area contributed by atoms with Crippen molar-refractivity contribution in [2.45, 2.75) is 39.5 Å². The standard InChI is InChI=1S/C15H28N2O3/c1-4-17(5-2)10-13(3)16-9-14(18)11-19-12-15-7-6-8-20-15/h6-8,13-14,16,18H,4-5,9-12H2,1-3H3. The van der Waals surface area contributed by atoms with Crippen LogP contribution < -0.4 is 5.32 Å². The molecule has 0 spiro atoms. The summed E-state index contributed by atoms with van der Waals surface area (Å²) in [7, 11) is 0. The molecule has 0 aliphatic heterocycles. The van der Waals surface area contributed by atoms with Crippen molar-refractivity contribution >= 4 is 0 Å². The summed E-state index contributed by atoms with van der Waals surface area (Å²) in [6, 6.07) is 4.04. The molecule has 5 nitrogen and oxygen atoms in total. The van der Waals surface area contributed by atoms with Gasteiger partial charge < -0.3 is 24.5 Å². The smallest absolute Gasteiger partial charge is 0.129 e. The fraction of sp³-hybridized carbons (Fsp3) is 0.733. The lowest BCUT2D eigenvalue weighted by Crippen LogP contribution is -2.42. The first kappa shape index (κ1) is 17.2. The molecule has 1 aromatic heterocycles. The number of nitrogens with zero attached hydrogens (tertiary/aromatic N) is 1. The van der Waals surface area contributed by atoms with Crippen LogP contribution in [0.3, 0.4) is 0 Å². The molecule has 0 saturated carbocycles. The van der Waals surface area contributed by atoms with E-state index in [1.165, 1.54) is 0 Å². The van der Waals surface area contributed by atoms with E-state index >= 15 is 0 Å². The Labute approximate surface area is 121 Å². The SMILES string of the molecule is CCN(CC)CC(C)NCC(O)COCc1ccco1. The number of aliphatic hydroxyl groups is 1. The summed E-state index contributed by atoms with van der Waals surface area (Å²) in [5.74, 6) is 0.778. The van der Waals surface area contributed by atoms with Crippen molar-refractivity contribution in [3.05, 3.63) is 24.2 Å². The molecule has 116 valence electrons. The van der Waals surface area contributed by atoms with Gasteiger partial charge in [0.2, 0.25) is 0 Å². The van der Waals surface area contributed by atoms with E-state index in [1.807, 2.05) is 12.1 Å². The van der Waals surface area contributed by atoms with Gasteiger partial charge >= 0.3 is 0 Å². The van der Waals surface area contributed by atoms with Crippen LogP contribution in [-0.2, 0) is 11.3 Å². The van der Waals surface area contributed by atoms with Crippen LogP contribution in [0, 0.1) is 0 Å². The first-order valence-electron chi connectivity index (χ1n) is 7.39. The van der Waals surface area contributed by atoms with E-state index in [2.05, 4.69) is 31.0 Å². The average molecular weight is 284 g/mol. The van der Waals surface area contributed by atoms with Crippen LogP contribution in [0.5, 0.6) is 0 Å². The van der Waals surface area contributed by atoms with E-state index < -0.39 is 6.10 Å². The van der Waals surface area contributed by atoms with E-state index in [0.29, 0.717) is 25.8 Å². The van der Waals surface area contributed by atoms with Gasteiger partial charge in [-0.25, -0.2) is 0 Å². The lowest BCUT2D eigenvalue weighted by Gasteiger charge is -2.24. The molecule has 2 atom stereocenters. The summed E-state index contributed by atoms with van der Waals surface area (Å²) < 4.78 is 10.6. The van der Waals surface area contributed by atoms with Crippen molar-refractivity contribution in [1.29, 1.82) is 0 Å². The maximum atomic E-state index is 9.84. The Morgan fingerprint density at radius 1 is 1.40 bits per heavy atom. The second-order valence-electron chi connectivity index (χ2n) is 5.04. The van der Waals surface area contributed by atoms with Crippen LogP contribution in [0.25, 0.3) is 0 Å². The fourth-order valence-corrected chi connectivity index (χ4v) is 2.02. The number of likely N-dealkylation sites (N-methyl/N-ethyl adjacent to an activating group) is 1. The molecule has 0 saturated heterocycles. The molecule has 20 heavy (non-hydrogen) atoms. The van der Waals surface area contributed by atoms with Crippen LogP contribution in [0.2, 0.25) is 0 Å². The van der Waals surface area contributed by atoms with E-state index in [-0.39, 0.29) is 0 Å². The van der Waals surface area contributed by atoms with Crippen molar-refractivity contribution in [3.63, 3.8) is 0 Å². The summed E-state index contributed by atoms with van der Waals surface area (Å²) in [4.78, 5) is 2.36. The fourth-order valence-electron chi connectivity index (χ4n) is 2.02. The van der Waals surface area contributed by atoms with Crippen molar-refractivity contribution < 1.29 is 14.3 Å². The Morgan fingerprint density at radius 3 is 2.75 bits per heavy atom. The first-order valence-corrected chi connectivity index (χ1v) is 7.39. The number of rotatable bonds is 11. The molecule has 1 heterocycles. The zero-order valence-electron chi connectivity index (χ0n) is 12.8. The molecule has 0 bridgehead atoms. The minimum absolute atomic E-state index is 0.311. The molecule has 2 unspecified atom stereocenters. The van der Waals surface area contributed by atoms with Crippen LogP contribution in [0.15, 0.2) is 22.8 Å². The Kier molecular flexibility index (Phi) is 8.53. The third kappa shape index (κ3) is 7.05. The molecule has 1 rings (SSSR count). The largest absolute Gasteiger partial charge is 0.467 e. The quantitative estimate of drug-likeness (QED) is 0.644. The molecular formula is C15H28N2O3. The van der Waals surface area contributed by atoms with E-state index in [9.17, 15) is 5.11 Å². The topological polar surface area (TPSA) is 57.9 Å². The van der Waals surface area contributed by atoms with Gasteiger partial charge in [0.05, 0.1) is 19.0 Å². The Balaban J connectivity index is 2.08. The summed E-state index contributed by atoms with van der Waals surface area (Å²) in [6.45, 7) is 10.8. The van der Waals surface area contributed by atoms with Gasteiger partial charge in [-0.3, -0.25) is 0 Å². The lowest BCUT2D eigenvalue weighted by molar-refractivity contribution is 0.0213. The van der Waals surface area contributed by atoms with Crippen molar-refractivity contribution in [2.75, 3.05) is 32.8 Å². The highest BCUT2D eigenvalue weighted by molar-refractivity contribution is 4.96. The number of ether oxygens (including phenoxy) is 1. The van der Waals surface area contributed by atoms with E-state index in [0.717, 1.165) is 25.4 Å². The van der Waals surface area contributed by atoms with Gasteiger partial charge in [-0.05, 0) is 32.1 Å². The van der Waals surface area contributed by atoms with Crippen LogP contribution in [-0.4, -0.2) is 54.9 Å². The van der Waals surface area contributed by atoms with Gasteiger partial charge in [0.15, 0.2) is 0 Å². The number of hydrogen-bond donors (Lipinski definition) is 2. The zero-order valence-corrected chi connectivity index (χ0v) is 12.8. The molecule has 1 aromatic rings. The third-order valence-corrected chi connectivity index (χ3v) is 3.26. The summed E-state index contributed by atoms with van der Waals surface area (Å²) >= 11 is 0. The number of hydrogen-bond acceptors (Lipinski definition) is 5. The number of nitrogens with one attached hydrogen (secondary N) is 1. The molecule has 0 aliphatic rings. The normalized spacial score (nSPS) is 14.7. The molecule has 2 N–H and O–H groups in total. The van der Waals surface area contributed by atoms with Crippen molar-refractivity contribution in [3.8, 4) is 0 Å². The Bertz CT molecular complexity index is 326. The minimum Gasteiger partial charge on any atom is -0.467 e. The van der Waals surface area contributed by atoms with Gasteiger partial charge in [0.1, 0.15) is 12.4 Å². The van der Waals surface area contributed by atoms with Gasteiger partial charge in [-0.15, -0.1) is 0 Å². The number of furan rings is 1. The van der Waals surface area contributed by atoms with Gasteiger partial charge in [-0.1, -0.05) is 13.8 Å². The predicted octanol–water partition coefficient (Wildman–Crippen LogP) is 1.48. The predicted molar refractivity (Wildman–Crippen MR) is 79.6 cm³/mol. The van der Waals surface area contributed by atoms with E-state index in [4.69, 9.17) is 9.15 Å². The average Bonchev–Trinajstić information content (AvgIpc) is 2.95. The van der Waals surface area contributed by atoms with E-state index in [1.54, 1.807) is 6.26 Å². The molecule has 0 amide bonds. The van der Waals surface area contributed by atoms with Crippen LogP contribution in [0.4, 0.5) is 0 Å². The van der Waals surface area contributed by atoms with Crippen LogP contribution >= 0.6 is 0 Å². The second-order valence-corrected chi connectivity index (χ2v) is 5.04. The number of aliphatic hydroxyl groups excluding tert-OH is 1. The third-order valence-electron chi connectivity index (χ3n) is 3.26. The van der Waals surface area contributed by atoms with Crippen LogP contribution in [0.1, 0.15) is 26.5 Å². The summed E-state index contributed by atoms with van der Waals surface area (Å²) in [5, 5.41) is 13.2. The van der Waals surface area contributed by atoms with Crippen molar-refractivity contribution in [1.82, 2.24) is 10.2 Å². The Hall–Kier alpha value is -0.880. The molecule has 5 heteroatoms. The van der Waals surface area contributed by atoms with Gasteiger partial charge in [-0.2, -0.15) is 0 Å². The van der Waals surface area contributed by atoms with Gasteiger partial charge in [0, 0.05) is 19.1 Å². The molecule has 0 fully saturated rings. The maximum Gasteiger partial charge on any atom is 0.129 e. The highest BCUT2D eigenvalue weighted by Crippen LogP contribution is 2.02. The Morgan fingerprint density at radius 2 is 2.15 bits per heavy atom. The first-order chi connectivity index (χ1) is 9.65. The summed E-state index contributed by atoms with van der Waals surface area (Å²) in [6.07, 6.45) is 1.12. The molecular weight excluding hydrogens is 256 g/mol. The lowest BCUT2D eigenvalue weighted by atomic mass is 10.2. The maximum absolute atomic E-state index is 9.84. The molecule has 0 aromatic carbocycles. The highest BCUT2D eigenvalue weighted by Gasteiger charge is 2.10. The highest BCUT2D eigenvalue weighted by atomic mass is 16.5. The van der Waals surface area contributed by atoms with Crippen molar-refractivity contribution in [2.24, 2.45) is 0 Å². The monoisotopic (exact) mass is 284 g/mol. The second kappa shape index (κ2) is 9.94.